The molecule has 0 aliphatic carbocycles. The molecule has 2 heterocycles. The highest BCUT2D eigenvalue weighted by molar-refractivity contribution is 5.77. The van der Waals surface area contributed by atoms with Gasteiger partial charge in [0.15, 0.2) is 0 Å². The molecule has 1 fully saturated rings. The summed E-state index contributed by atoms with van der Waals surface area (Å²) >= 11 is 0. The second-order valence-electron chi connectivity index (χ2n) is 4.56. The molecule has 1 aromatic heterocycles. The van der Waals surface area contributed by atoms with E-state index in [2.05, 4.69) is 10.1 Å². The van der Waals surface area contributed by atoms with Crippen LogP contribution < -0.4 is 0 Å². The van der Waals surface area contributed by atoms with E-state index in [4.69, 9.17) is 10.00 Å². The number of hydrogen-bond acceptors (Lipinski definition) is 6. The van der Waals surface area contributed by atoms with Gasteiger partial charge in [-0.25, -0.2) is 9.67 Å². The Morgan fingerprint density at radius 2 is 2.20 bits per heavy atom. The summed E-state index contributed by atoms with van der Waals surface area (Å²) in [5.74, 6) is -0.391. The van der Waals surface area contributed by atoms with Gasteiger partial charge >= 0.3 is 5.97 Å². The summed E-state index contributed by atoms with van der Waals surface area (Å²) in [7, 11) is 1.37. The van der Waals surface area contributed by atoms with E-state index >= 15 is 0 Å². The van der Waals surface area contributed by atoms with Crippen LogP contribution >= 0.6 is 0 Å². The summed E-state index contributed by atoms with van der Waals surface area (Å²) < 4.78 is 6.04. The Bertz CT molecular complexity index is 540. The van der Waals surface area contributed by atoms with E-state index in [1.54, 1.807) is 11.0 Å². The zero-order valence-electron chi connectivity index (χ0n) is 11.2. The number of methoxy groups -OCH3 is 1. The van der Waals surface area contributed by atoms with Crippen molar-refractivity contribution in [3.63, 3.8) is 0 Å². The molecule has 0 aromatic carbocycles. The van der Waals surface area contributed by atoms with Gasteiger partial charge in [-0.1, -0.05) is 0 Å². The van der Waals surface area contributed by atoms with Crippen LogP contribution in [0.15, 0.2) is 6.33 Å². The lowest BCUT2D eigenvalue weighted by atomic mass is 9.97. The molecule has 1 aliphatic heterocycles. The zero-order chi connectivity index (χ0) is 14.5. The number of rotatable bonds is 3. The van der Waals surface area contributed by atoms with Crippen molar-refractivity contribution in [3.8, 4) is 6.07 Å². The molecular formula is C12H15N5O3. The van der Waals surface area contributed by atoms with Gasteiger partial charge in [-0.05, 0) is 12.8 Å². The van der Waals surface area contributed by atoms with Gasteiger partial charge in [0.1, 0.15) is 18.9 Å². The Morgan fingerprint density at radius 1 is 1.50 bits per heavy atom. The summed E-state index contributed by atoms with van der Waals surface area (Å²) in [6.45, 7) is 1.11. The van der Waals surface area contributed by atoms with Crippen molar-refractivity contribution in [1.82, 2.24) is 19.7 Å². The van der Waals surface area contributed by atoms with Crippen LogP contribution in [0.1, 0.15) is 18.7 Å². The van der Waals surface area contributed by atoms with Gasteiger partial charge in [0.2, 0.25) is 5.91 Å². The van der Waals surface area contributed by atoms with Crippen LogP contribution in [0.3, 0.4) is 0 Å². The fourth-order valence-corrected chi connectivity index (χ4v) is 2.19. The molecule has 2 rings (SSSR count). The number of aromatic nitrogens is 3. The van der Waals surface area contributed by atoms with Gasteiger partial charge in [-0.15, -0.1) is 5.10 Å². The van der Waals surface area contributed by atoms with Crippen molar-refractivity contribution < 1.29 is 14.3 Å². The van der Waals surface area contributed by atoms with Crippen molar-refractivity contribution in [2.75, 3.05) is 20.2 Å². The number of piperidine rings is 1. The standard InChI is InChI=1S/C12H15N5O3/c1-20-12(19)9-2-4-16(5-3-9)11(18)7-17-8-14-10(6-13)15-17/h8-9H,2-5,7H2,1H3. The van der Waals surface area contributed by atoms with E-state index in [1.165, 1.54) is 18.1 Å². The Morgan fingerprint density at radius 3 is 2.75 bits per heavy atom. The van der Waals surface area contributed by atoms with Crippen molar-refractivity contribution in [3.05, 3.63) is 12.2 Å². The van der Waals surface area contributed by atoms with Crippen molar-refractivity contribution >= 4 is 11.9 Å². The first-order chi connectivity index (χ1) is 9.63. The SMILES string of the molecule is COC(=O)C1CCN(C(=O)Cn2cnc(C#N)n2)CC1. The average Bonchev–Trinajstić information content (AvgIpc) is 2.94. The molecule has 1 aliphatic rings. The summed E-state index contributed by atoms with van der Waals surface area (Å²) in [5.41, 5.74) is 0. The highest BCUT2D eigenvalue weighted by Crippen LogP contribution is 2.18. The van der Waals surface area contributed by atoms with Crippen LogP contribution in [0.5, 0.6) is 0 Å². The summed E-state index contributed by atoms with van der Waals surface area (Å²) in [5, 5.41) is 12.5. The van der Waals surface area contributed by atoms with E-state index < -0.39 is 0 Å². The Balaban J connectivity index is 1.86. The highest BCUT2D eigenvalue weighted by Gasteiger charge is 2.27. The third-order valence-corrected chi connectivity index (χ3v) is 3.32. The molecule has 0 atom stereocenters. The maximum atomic E-state index is 12.0. The molecule has 1 saturated heterocycles. The molecule has 8 nitrogen and oxygen atoms in total. The third kappa shape index (κ3) is 3.12. The van der Waals surface area contributed by atoms with Gasteiger partial charge in [-0.3, -0.25) is 9.59 Å². The number of nitrogens with zero attached hydrogens (tertiary/aromatic N) is 5. The smallest absolute Gasteiger partial charge is 0.308 e. The number of carbonyl (C=O) groups excluding carboxylic acids is 2. The predicted molar refractivity (Wildman–Crippen MR) is 66.1 cm³/mol. The van der Waals surface area contributed by atoms with Crippen LogP contribution in [0.25, 0.3) is 0 Å². The average molecular weight is 277 g/mol. The van der Waals surface area contributed by atoms with Crippen molar-refractivity contribution in [2.24, 2.45) is 5.92 Å². The third-order valence-electron chi connectivity index (χ3n) is 3.32. The Kier molecular flexibility index (Phi) is 4.30. The minimum atomic E-state index is -0.216. The number of esters is 1. The number of amides is 1. The van der Waals surface area contributed by atoms with Gasteiger partial charge in [0, 0.05) is 13.1 Å². The van der Waals surface area contributed by atoms with Crippen LogP contribution in [0.2, 0.25) is 0 Å². The molecule has 0 bridgehead atoms. The number of likely N-dealkylation sites (tertiary alicyclic amines) is 1. The molecule has 8 heteroatoms. The first kappa shape index (κ1) is 14.0. The predicted octanol–water partition coefficient (Wildman–Crippen LogP) is -0.439. The monoisotopic (exact) mass is 277 g/mol. The number of hydrogen-bond donors (Lipinski definition) is 0. The molecule has 106 valence electrons. The maximum Gasteiger partial charge on any atom is 0.308 e. The first-order valence-corrected chi connectivity index (χ1v) is 6.29. The quantitative estimate of drug-likeness (QED) is 0.694. The number of nitriles is 1. The molecule has 1 aromatic rings. The Hall–Kier alpha value is -2.43. The lowest BCUT2D eigenvalue weighted by molar-refractivity contribution is -0.149. The van der Waals surface area contributed by atoms with E-state index in [1.807, 2.05) is 0 Å². The molecule has 1 amide bonds. The van der Waals surface area contributed by atoms with Crippen LogP contribution in [0, 0.1) is 17.2 Å². The van der Waals surface area contributed by atoms with E-state index in [-0.39, 0.29) is 30.2 Å². The lowest BCUT2D eigenvalue weighted by Crippen LogP contribution is -2.42. The van der Waals surface area contributed by atoms with Crippen molar-refractivity contribution in [2.45, 2.75) is 19.4 Å². The van der Waals surface area contributed by atoms with E-state index in [0.717, 1.165) is 0 Å². The summed E-state index contributed by atoms with van der Waals surface area (Å²) in [6, 6.07) is 1.81. The van der Waals surface area contributed by atoms with Crippen molar-refractivity contribution in [1.29, 1.82) is 5.26 Å². The van der Waals surface area contributed by atoms with E-state index in [9.17, 15) is 9.59 Å². The fraction of sp³-hybridized carbons (Fsp3) is 0.583. The fourth-order valence-electron chi connectivity index (χ4n) is 2.19. The van der Waals surface area contributed by atoms with Gasteiger partial charge in [-0.2, -0.15) is 5.26 Å². The minimum Gasteiger partial charge on any atom is -0.469 e. The first-order valence-electron chi connectivity index (χ1n) is 6.29. The molecule has 0 spiro atoms. The Labute approximate surface area is 115 Å². The summed E-state index contributed by atoms with van der Waals surface area (Å²) in [4.78, 5) is 28.9. The van der Waals surface area contributed by atoms with Crippen LogP contribution in [-0.2, 0) is 20.9 Å². The van der Waals surface area contributed by atoms with E-state index in [0.29, 0.717) is 25.9 Å². The largest absolute Gasteiger partial charge is 0.469 e. The number of carbonyl (C=O) groups is 2. The lowest BCUT2D eigenvalue weighted by Gasteiger charge is -2.30. The second-order valence-corrected chi connectivity index (χ2v) is 4.56. The molecule has 0 radical (unpaired) electrons. The van der Waals surface area contributed by atoms with Gasteiger partial charge < -0.3 is 9.64 Å². The van der Waals surface area contributed by atoms with Crippen LogP contribution in [0.4, 0.5) is 0 Å². The normalized spacial score (nSPS) is 15.7. The second kappa shape index (κ2) is 6.14. The van der Waals surface area contributed by atoms with Crippen LogP contribution in [-0.4, -0.2) is 51.7 Å². The topological polar surface area (TPSA) is 101 Å². The molecule has 20 heavy (non-hydrogen) atoms. The van der Waals surface area contributed by atoms with Gasteiger partial charge in [0.25, 0.3) is 5.82 Å². The summed E-state index contributed by atoms with van der Waals surface area (Å²) in [6.07, 6.45) is 2.58. The maximum absolute atomic E-state index is 12.0. The molecular weight excluding hydrogens is 262 g/mol. The van der Waals surface area contributed by atoms with Gasteiger partial charge in [0.05, 0.1) is 13.0 Å². The molecule has 0 unspecified atom stereocenters. The minimum absolute atomic E-state index is 0.0437. The zero-order valence-corrected chi connectivity index (χ0v) is 11.2. The molecule has 0 saturated carbocycles. The molecule has 0 N–H and O–H groups in total. The highest BCUT2D eigenvalue weighted by atomic mass is 16.5. The number of ether oxygens (including phenoxy) is 1.